The van der Waals surface area contributed by atoms with Gasteiger partial charge in [-0.1, -0.05) is 24.1 Å². The smallest absolute Gasteiger partial charge is 0.293 e. The van der Waals surface area contributed by atoms with Crippen molar-refractivity contribution in [2.24, 2.45) is 5.92 Å². The summed E-state index contributed by atoms with van der Waals surface area (Å²) in [6, 6.07) is 0. The van der Waals surface area contributed by atoms with Gasteiger partial charge in [0.15, 0.2) is 0 Å². The van der Waals surface area contributed by atoms with Crippen molar-refractivity contribution in [3.05, 3.63) is 11.1 Å². The highest BCUT2D eigenvalue weighted by Crippen LogP contribution is 2.16. The Balaban J connectivity index is 4.00. The minimum absolute atomic E-state index is 0.109. The topological polar surface area (TPSA) is 26.3 Å². The highest BCUT2D eigenvalue weighted by atomic mass is 35.5. The summed E-state index contributed by atoms with van der Waals surface area (Å²) >= 11 is 5.49. The second-order valence-corrected chi connectivity index (χ2v) is 2.80. The van der Waals surface area contributed by atoms with E-state index in [0.29, 0.717) is 6.47 Å². The predicted molar refractivity (Wildman–Crippen MR) is 45.4 cm³/mol. The SMILES string of the molecule is C/C(=C\Cl)C(C)C(C)OC=O. The summed E-state index contributed by atoms with van der Waals surface area (Å²) in [5, 5.41) is 0. The van der Waals surface area contributed by atoms with Crippen LogP contribution in [-0.4, -0.2) is 12.6 Å². The molecule has 0 aliphatic rings. The lowest BCUT2D eigenvalue weighted by atomic mass is 9.99. The van der Waals surface area contributed by atoms with Gasteiger partial charge in [0, 0.05) is 11.5 Å². The lowest BCUT2D eigenvalue weighted by Crippen LogP contribution is -2.18. The standard InChI is InChI=1S/C8H13ClO2/c1-6(4-9)7(2)8(3)11-5-10/h4-5,7-8H,1-3H3/b6-4+. The molecule has 11 heavy (non-hydrogen) atoms. The summed E-state index contributed by atoms with van der Waals surface area (Å²) in [5.74, 6) is 0.178. The molecule has 2 unspecified atom stereocenters. The molecule has 0 saturated heterocycles. The van der Waals surface area contributed by atoms with E-state index in [1.54, 1.807) is 0 Å². The number of ether oxygens (including phenoxy) is 1. The van der Waals surface area contributed by atoms with Gasteiger partial charge in [-0.2, -0.15) is 0 Å². The zero-order valence-corrected chi connectivity index (χ0v) is 7.76. The van der Waals surface area contributed by atoms with Crippen molar-refractivity contribution in [1.29, 1.82) is 0 Å². The fraction of sp³-hybridized carbons (Fsp3) is 0.625. The van der Waals surface area contributed by atoms with E-state index in [1.165, 1.54) is 5.54 Å². The van der Waals surface area contributed by atoms with Gasteiger partial charge < -0.3 is 4.74 Å². The van der Waals surface area contributed by atoms with E-state index in [9.17, 15) is 4.79 Å². The molecule has 0 aromatic rings. The summed E-state index contributed by atoms with van der Waals surface area (Å²) in [4.78, 5) is 9.96. The van der Waals surface area contributed by atoms with Crippen LogP contribution < -0.4 is 0 Å². The van der Waals surface area contributed by atoms with Crippen molar-refractivity contribution in [2.45, 2.75) is 26.9 Å². The van der Waals surface area contributed by atoms with Gasteiger partial charge in [-0.05, 0) is 13.8 Å². The molecule has 0 heterocycles. The second kappa shape index (κ2) is 5.19. The van der Waals surface area contributed by atoms with Crippen molar-refractivity contribution < 1.29 is 9.53 Å². The Morgan fingerprint density at radius 1 is 1.55 bits per heavy atom. The van der Waals surface area contributed by atoms with Crippen LogP contribution in [0, 0.1) is 5.92 Å². The van der Waals surface area contributed by atoms with Crippen LogP contribution in [0.1, 0.15) is 20.8 Å². The fourth-order valence-corrected chi connectivity index (χ4v) is 0.874. The maximum atomic E-state index is 9.96. The molecule has 0 bridgehead atoms. The lowest BCUT2D eigenvalue weighted by molar-refractivity contribution is -0.134. The van der Waals surface area contributed by atoms with Crippen LogP contribution in [-0.2, 0) is 9.53 Å². The number of carbonyl (C=O) groups excluding carboxylic acids is 1. The van der Waals surface area contributed by atoms with Gasteiger partial charge in [0.2, 0.25) is 0 Å². The summed E-state index contributed by atoms with van der Waals surface area (Å²) in [5.41, 5.74) is 2.52. The Morgan fingerprint density at radius 2 is 2.09 bits per heavy atom. The van der Waals surface area contributed by atoms with Gasteiger partial charge in [-0.3, -0.25) is 4.79 Å². The van der Waals surface area contributed by atoms with E-state index in [0.717, 1.165) is 5.57 Å². The van der Waals surface area contributed by atoms with Crippen LogP contribution in [0.25, 0.3) is 0 Å². The molecule has 0 aliphatic heterocycles. The van der Waals surface area contributed by atoms with Gasteiger partial charge in [-0.15, -0.1) is 0 Å². The van der Waals surface area contributed by atoms with Crippen LogP contribution in [0.2, 0.25) is 0 Å². The fourth-order valence-electron chi connectivity index (χ4n) is 0.675. The molecule has 64 valence electrons. The maximum Gasteiger partial charge on any atom is 0.293 e. The van der Waals surface area contributed by atoms with E-state index in [1.807, 2.05) is 20.8 Å². The molecule has 0 N–H and O–H groups in total. The summed E-state index contributed by atoms with van der Waals surface area (Å²) in [6.45, 7) is 6.16. The van der Waals surface area contributed by atoms with Crippen LogP contribution in [0.4, 0.5) is 0 Å². The van der Waals surface area contributed by atoms with E-state index >= 15 is 0 Å². The molecule has 0 radical (unpaired) electrons. The van der Waals surface area contributed by atoms with Gasteiger partial charge in [0.1, 0.15) is 6.10 Å². The quantitative estimate of drug-likeness (QED) is 0.615. The third-order valence-corrected chi connectivity index (χ3v) is 2.21. The predicted octanol–water partition coefficient (Wildman–Crippen LogP) is 2.33. The number of carbonyl (C=O) groups is 1. The molecule has 0 aromatic carbocycles. The van der Waals surface area contributed by atoms with E-state index in [-0.39, 0.29) is 12.0 Å². The maximum absolute atomic E-state index is 9.96. The molecule has 0 rings (SSSR count). The highest BCUT2D eigenvalue weighted by Gasteiger charge is 2.13. The van der Waals surface area contributed by atoms with Gasteiger partial charge in [0.05, 0.1) is 0 Å². The van der Waals surface area contributed by atoms with Crippen LogP contribution >= 0.6 is 11.6 Å². The molecular weight excluding hydrogens is 164 g/mol. The Hall–Kier alpha value is -0.500. The minimum atomic E-state index is -0.109. The average molecular weight is 177 g/mol. The first-order chi connectivity index (χ1) is 5.13. The third kappa shape index (κ3) is 3.42. The summed E-state index contributed by atoms with van der Waals surface area (Å²) in [6.07, 6.45) is -0.109. The lowest BCUT2D eigenvalue weighted by Gasteiger charge is -2.17. The molecule has 0 amide bonds. The summed E-state index contributed by atoms with van der Waals surface area (Å²) in [7, 11) is 0. The highest BCUT2D eigenvalue weighted by molar-refractivity contribution is 6.25. The first-order valence-corrected chi connectivity index (χ1v) is 3.93. The zero-order valence-electron chi connectivity index (χ0n) is 7.00. The first-order valence-electron chi connectivity index (χ1n) is 3.49. The molecule has 3 heteroatoms. The van der Waals surface area contributed by atoms with Crippen molar-refractivity contribution in [2.75, 3.05) is 0 Å². The molecule has 0 spiro atoms. The largest absolute Gasteiger partial charge is 0.464 e. The third-order valence-electron chi connectivity index (χ3n) is 1.86. The van der Waals surface area contributed by atoms with Gasteiger partial charge >= 0.3 is 0 Å². The average Bonchev–Trinajstić information content (AvgIpc) is 2.02. The van der Waals surface area contributed by atoms with E-state index in [4.69, 9.17) is 16.3 Å². The monoisotopic (exact) mass is 176 g/mol. The number of hydrogen-bond donors (Lipinski definition) is 0. The molecule has 0 saturated carbocycles. The molecular formula is C8H13ClO2. The van der Waals surface area contributed by atoms with Crippen LogP contribution in [0.3, 0.4) is 0 Å². The molecule has 2 nitrogen and oxygen atoms in total. The van der Waals surface area contributed by atoms with Gasteiger partial charge in [-0.25, -0.2) is 0 Å². The molecule has 0 aliphatic carbocycles. The minimum Gasteiger partial charge on any atom is -0.464 e. The van der Waals surface area contributed by atoms with E-state index in [2.05, 4.69) is 0 Å². The first kappa shape index (κ1) is 10.5. The van der Waals surface area contributed by atoms with Crippen molar-refractivity contribution in [3.8, 4) is 0 Å². The second-order valence-electron chi connectivity index (χ2n) is 2.58. The van der Waals surface area contributed by atoms with Crippen LogP contribution in [0.5, 0.6) is 0 Å². The normalized spacial score (nSPS) is 17.3. The number of rotatable bonds is 4. The molecule has 0 aromatic heterocycles. The Kier molecular flexibility index (Phi) is 4.95. The summed E-state index contributed by atoms with van der Waals surface area (Å²) < 4.78 is 4.75. The van der Waals surface area contributed by atoms with Crippen molar-refractivity contribution in [3.63, 3.8) is 0 Å². The Labute approximate surface area is 72.2 Å². The van der Waals surface area contributed by atoms with Crippen molar-refractivity contribution >= 4 is 18.1 Å². The number of hydrogen-bond acceptors (Lipinski definition) is 2. The van der Waals surface area contributed by atoms with E-state index < -0.39 is 0 Å². The van der Waals surface area contributed by atoms with Crippen LogP contribution in [0.15, 0.2) is 11.1 Å². The Bertz CT molecular complexity index is 154. The number of halogens is 1. The zero-order chi connectivity index (χ0) is 8.85. The molecule has 2 atom stereocenters. The Morgan fingerprint density at radius 3 is 2.45 bits per heavy atom. The molecule has 0 fully saturated rings. The van der Waals surface area contributed by atoms with Crippen molar-refractivity contribution in [1.82, 2.24) is 0 Å². The van der Waals surface area contributed by atoms with Gasteiger partial charge in [0.25, 0.3) is 6.47 Å².